The maximum atomic E-state index is 11.0. The van der Waals surface area contributed by atoms with Crippen LogP contribution in [-0.2, 0) is 13.6 Å². The van der Waals surface area contributed by atoms with Crippen LogP contribution in [0.25, 0.3) is 0 Å². The molecule has 14 heavy (non-hydrogen) atoms. The molecule has 4 heteroatoms. The summed E-state index contributed by atoms with van der Waals surface area (Å²) in [4.78, 5) is 0. The minimum atomic E-state index is -1.90. The highest BCUT2D eigenvalue weighted by Gasteiger charge is 2.20. The van der Waals surface area contributed by atoms with E-state index in [1.54, 1.807) is 0 Å². The van der Waals surface area contributed by atoms with Crippen LogP contribution >= 0.6 is 8.25 Å². The molecule has 0 aromatic carbocycles. The first-order chi connectivity index (χ1) is 6.52. The molecule has 0 saturated heterocycles. The zero-order valence-corrected chi connectivity index (χ0v) is 11.1. The van der Waals surface area contributed by atoms with Crippen LogP contribution in [0.2, 0.25) is 0 Å². The van der Waals surface area contributed by atoms with Crippen molar-refractivity contribution in [3.05, 3.63) is 0 Å². The van der Waals surface area contributed by atoms with E-state index in [0.29, 0.717) is 25.0 Å². The van der Waals surface area contributed by atoms with Gasteiger partial charge in [0.05, 0.1) is 0 Å². The lowest BCUT2D eigenvalue weighted by Gasteiger charge is -1.97. The Labute approximate surface area is 89.1 Å². The fourth-order valence-corrected chi connectivity index (χ4v) is 1.37. The van der Waals surface area contributed by atoms with Crippen molar-refractivity contribution < 1.29 is 13.6 Å². The summed E-state index contributed by atoms with van der Waals surface area (Å²) in [5.74, 6) is 0.790. The van der Waals surface area contributed by atoms with E-state index in [1.165, 1.54) is 0 Å². The summed E-state index contributed by atoms with van der Waals surface area (Å²) in [5, 5.41) is 0. The van der Waals surface area contributed by atoms with Crippen molar-refractivity contribution in [2.45, 2.75) is 41.5 Å². The molecule has 0 aliphatic carbocycles. The molecule has 0 amide bonds. The van der Waals surface area contributed by atoms with E-state index in [1.807, 2.05) is 41.5 Å². The highest BCUT2D eigenvalue weighted by atomic mass is 31.1. The Morgan fingerprint density at radius 3 is 1.43 bits per heavy atom. The summed E-state index contributed by atoms with van der Waals surface area (Å²) >= 11 is 0. The predicted octanol–water partition coefficient (Wildman–Crippen LogP) is 4.02. The van der Waals surface area contributed by atoms with Crippen molar-refractivity contribution in [3.8, 4) is 0 Å². The molecule has 0 aliphatic rings. The molecular formula is C10H24O3P+. The van der Waals surface area contributed by atoms with E-state index in [2.05, 4.69) is 0 Å². The van der Waals surface area contributed by atoms with Gasteiger partial charge in [-0.1, -0.05) is 41.5 Å². The Kier molecular flexibility index (Phi) is 13.0. The maximum absolute atomic E-state index is 11.0. The largest absolute Gasteiger partial charge is 0.697 e. The Morgan fingerprint density at radius 1 is 0.929 bits per heavy atom. The van der Waals surface area contributed by atoms with Crippen LogP contribution in [0.15, 0.2) is 0 Å². The van der Waals surface area contributed by atoms with E-state index in [-0.39, 0.29) is 0 Å². The number of hydrogen-bond acceptors (Lipinski definition) is 3. The fraction of sp³-hybridized carbons (Fsp3) is 1.00. The van der Waals surface area contributed by atoms with Crippen molar-refractivity contribution in [3.63, 3.8) is 0 Å². The monoisotopic (exact) mass is 223 g/mol. The molecule has 0 bridgehead atoms. The van der Waals surface area contributed by atoms with Gasteiger partial charge < -0.3 is 0 Å². The van der Waals surface area contributed by atoms with Crippen LogP contribution in [-0.4, -0.2) is 13.2 Å². The van der Waals surface area contributed by atoms with Crippen LogP contribution in [0.1, 0.15) is 41.5 Å². The van der Waals surface area contributed by atoms with Gasteiger partial charge in [-0.05, 0) is 11.8 Å². The van der Waals surface area contributed by atoms with Crippen molar-refractivity contribution >= 4 is 8.25 Å². The van der Waals surface area contributed by atoms with Crippen LogP contribution in [0.4, 0.5) is 0 Å². The van der Waals surface area contributed by atoms with E-state index >= 15 is 0 Å². The highest BCUT2D eigenvalue weighted by molar-refractivity contribution is 7.33. The van der Waals surface area contributed by atoms with Gasteiger partial charge in [-0.15, -0.1) is 9.05 Å². The van der Waals surface area contributed by atoms with Crippen LogP contribution in [0.3, 0.4) is 0 Å². The molecule has 0 aromatic rings. The quantitative estimate of drug-likeness (QED) is 0.638. The lowest BCUT2D eigenvalue weighted by Crippen LogP contribution is -2.00. The molecule has 86 valence electrons. The Bertz CT molecular complexity index is 121. The SMILES string of the molecule is CC.CC(C)CO[P+](=O)OCC(C)C. The molecule has 0 atom stereocenters. The number of hydrogen-bond donors (Lipinski definition) is 0. The van der Waals surface area contributed by atoms with E-state index in [9.17, 15) is 4.57 Å². The minimum Gasteiger partial charge on any atom is -0.119 e. The highest BCUT2D eigenvalue weighted by Crippen LogP contribution is 2.25. The first-order valence-corrected chi connectivity index (χ1v) is 6.35. The lowest BCUT2D eigenvalue weighted by molar-refractivity contribution is 0.192. The molecule has 0 fully saturated rings. The van der Waals surface area contributed by atoms with Crippen LogP contribution < -0.4 is 0 Å². The summed E-state index contributed by atoms with van der Waals surface area (Å²) in [5.41, 5.74) is 0. The van der Waals surface area contributed by atoms with Crippen molar-refractivity contribution in [1.29, 1.82) is 0 Å². The van der Waals surface area contributed by atoms with Gasteiger partial charge in [0.15, 0.2) is 0 Å². The van der Waals surface area contributed by atoms with Gasteiger partial charge in [-0.25, -0.2) is 0 Å². The molecule has 0 heterocycles. The Balaban J connectivity index is 0. The third-order valence-corrected chi connectivity index (χ3v) is 1.75. The number of rotatable bonds is 6. The predicted molar refractivity (Wildman–Crippen MR) is 60.5 cm³/mol. The van der Waals surface area contributed by atoms with Gasteiger partial charge in [-0.3, -0.25) is 0 Å². The Hall–Kier alpha value is 0.0200. The second-order valence-corrected chi connectivity index (χ2v) is 4.57. The average molecular weight is 223 g/mol. The van der Waals surface area contributed by atoms with Gasteiger partial charge in [0.25, 0.3) is 0 Å². The summed E-state index contributed by atoms with van der Waals surface area (Å²) in [6.07, 6.45) is 0. The smallest absolute Gasteiger partial charge is 0.119 e. The second kappa shape index (κ2) is 11.1. The molecule has 3 nitrogen and oxygen atoms in total. The van der Waals surface area contributed by atoms with Crippen molar-refractivity contribution in [2.24, 2.45) is 11.8 Å². The third-order valence-electron chi connectivity index (χ3n) is 1.03. The standard InChI is InChI=1S/C8H18O3P.C2H6/c1-7(2)5-10-12(9)11-6-8(3)4;1-2/h7-8H,5-6H2,1-4H3;1-2H3/q+1;. The molecule has 0 saturated carbocycles. The molecule has 0 radical (unpaired) electrons. The fourth-order valence-electron chi connectivity index (χ4n) is 0.457. The van der Waals surface area contributed by atoms with Gasteiger partial charge in [0.1, 0.15) is 13.2 Å². The summed E-state index contributed by atoms with van der Waals surface area (Å²) in [6, 6.07) is 0. The zero-order chi connectivity index (χ0) is 11.6. The Morgan fingerprint density at radius 2 is 1.21 bits per heavy atom. The molecule has 0 aromatic heterocycles. The molecule has 0 unspecified atom stereocenters. The van der Waals surface area contributed by atoms with Gasteiger partial charge in [0.2, 0.25) is 0 Å². The zero-order valence-electron chi connectivity index (χ0n) is 10.2. The second-order valence-electron chi connectivity index (χ2n) is 3.60. The van der Waals surface area contributed by atoms with Gasteiger partial charge >= 0.3 is 8.25 Å². The molecule has 0 aliphatic heterocycles. The summed E-state index contributed by atoms with van der Waals surface area (Å²) in [6.45, 7) is 13.0. The first kappa shape index (κ1) is 16.4. The van der Waals surface area contributed by atoms with Crippen molar-refractivity contribution in [1.82, 2.24) is 0 Å². The molecule has 0 spiro atoms. The van der Waals surface area contributed by atoms with Gasteiger partial charge in [0, 0.05) is 4.57 Å². The van der Waals surface area contributed by atoms with E-state index < -0.39 is 8.25 Å². The molecule has 0 rings (SSSR count). The summed E-state index contributed by atoms with van der Waals surface area (Å²) in [7, 11) is -1.90. The first-order valence-electron chi connectivity index (χ1n) is 5.25. The third kappa shape index (κ3) is 14.5. The van der Waals surface area contributed by atoms with Crippen molar-refractivity contribution in [2.75, 3.05) is 13.2 Å². The van der Waals surface area contributed by atoms with E-state index in [0.717, 1.165) is 0 Å². The molecule has 0 N–H and O–H groups in total. The van der Waals surface area contributed by atoms with Gasteiger partial charge in [-0.2, -0.15) is 0 Å². The van der Waals surface area contributed by atoms with Crippen LogP contribution in [0.5, 0.6) is 0 Å². The minimum absolute atomic E-state index is 0.395. The topological polar surface area (TPSA) is 35.5 Å². The molecular weight excluding hydrogens is 199 g/mol. The van der Waals surface area contributed by atoms with Crippen LogP contribution in [0, 0.1) is 11.8 Å². The summed E-state index contributed by atoms with van der Waals surface area (Å²) < 4.78 is 20.8. The normalized spacial score (nSPS) is 10.0. The van der Waals surface area contributed by atoms with E-state index in [4.69, 9.17) is 9.05 Å². The maximum Gasteiger partial charge on any atom is 0.697 e. The lowest BCUT2D eigenvalue weighted by atomic mass is 10.2. The average Bonchev–Trinajstić information content (AvgIpc) is 2.14.